The lowest BCUT2D eigenvalue weighted by Crippen LogP contribution is -2.38. The first-order valence-corrected chi connectivity index (χ1v) is 6.47. The number of carboxylic acid groups (broad SMARTS) is 1. The van der Waals surface area contributed by atoms with E-state index in [0.29, 0.717) is 6.54 Å². The second-order valence-electron chi connectivity index (χ2n) is 4.56. The van der Waals surface area contributed by atoms with Crippen molar-refractivity contribution in [2.24, 2.45) is 0 Å². The van der Waals surface area contributed by atoms with Crippen LogP contribution in [-0.2, 0) is 11.2 Å². The average Bonchev–Trinajstić information content (AvgIpc) is 2.38. The summed E-state index contributed by atoms with van der Waals surface area (Å²) in [4.78, 5) is 21.8. The Bertz CT molecular complexity index is 462. The van der Waals surface area contributed by atoms with E-state index in [9.17, 15) is 9.59 Å². The van der Waals surface area contributed by atoms with Crippen molar-refractivity contribution in [3.8, 4) is 0 Å². The van der Waals surface area contributed by atoms with Crippen molar-refractivity contribution in [2.45, 2.75) is 25.9 Å². The number of urea groups is 1. The van der Waals surface area contributed by atoms with Gasteiger partial charge in [-0.1, -0.05) is 29.8 Å². The standard InChI is InChI=1S/C14H20N2O4/c1-10-3-2-4-11(9-10)5-7-15-14(20)16-8-6-12(17)13(18)19/h2-4,9,12,17H,5-8H2,1H3,(H,18,19)(H2,15,16,20). The Labute approximate surface area is 117 Å². The summed E-state index contributed by atoms with van der Waals surface area (Å²) in [6, 6.07) is 7.67. The molecule has 1 unspecified atom stereocenters. The quantitative estimate of drug-likeness (QED) is 0.590. The van der Waals surface area contributed by atoms with Gasteiger partial charge in [0.05, 0.1) is 0 Å². The summed E-state index contributed by atoms with van der Waals surface area (Å²) in [6.07, 6.45) is -0.726. The third-order valence-corrected chi connectivity index (χ3v) is 2.77. The number of nitrogens with one attached hydrogen (secondary N) is 2. The zero-order chi connectivity index (χ0) is 15.0. The van der Waals surface area contributed by atoms with Gasteiger partial charge in [0, 0.05) is 19.5 Å². The van der Waals surface area contributed by atoms with Crippen LogP contribution < -0.4 is 10.6 Å². The number of carbonyl (C=O) groups is 2. The molecule has 0 saturated heterocycles. The van der Waals surface area contributed by atoms with Crippen molar-refractivity contribution in [1.82, 2.24) is 10.6 Å². The highest BCUT2D eigenvalue weighted by Gasteiger charge is 2.12. The lowest BCUT2D eigenvalue weighted by molar-refractivity contribution is -0.146. The molecule has 0 heterocycles. The highest BCUT2D eigenvalue weighted by Crippen LogP contribution is 2.03. The maximum Gasteiger partial charge on any atom is 0.332 e. The number of carboxylic acids is 1. The van der Waals surface area contributed by atoms with Crippen LogP contribution in [0.4, 0.5) is 4.79 Å². The van der Waals surface area contributed by atoms with Gasteiger partial charge in [-0.25, -0.2) is 9.59 Å². The second kappa shape index (κ2) is 8.16. The van der Waals surface area contributed by atoms with Gasteiger partial charge in [0.1, 0.15) is 0 Å². The Kier molecular flexibility index (Phi) is 6.52. The first-order chi connectivity index (χ1) is 9.49. The summed E-state index contributed by atoms with van der Waals surface area (Å²) in [6.45, 7) is 2.62. The highest BCUT2D eigenvalue weighted by atomic mass is 16.4. The number of aryl methyl sites for hydroxylation is 1. The number of rotatable bonds is 7. The fraction of sp³-hybridized carbons (Fsp3) is 0.429. The van der Waals surface area contributed by atoms with Crippen molar-refractivity contribution < 1.29 is 19.8 Å². The molecule has 0 aromatic heterocycles. The number of benzene rings is 1. The Balaban J connectivity index is 2.16. The van der Waals surface area contributed by atoms with Gasteiger partial charge >= 0.3 is 12.0 Å². The maximum atomic E-state index is 11.4. The molecule has 6 heteroatoms. The Morgan fingerprint density at radius 2 is 1.95 bits per heavy atom. The zero-order valence-corrected chi connectivity index (χ0v) is 11.4. The molecule has 0 bridgehead atoms. The molecule has 0 spiro atoms. The van der Waals surface area contributed by atoms with Crippen LogP contribution in [0.15, 0.2) is 24.3 Å². The van der Waals surface area contributed by atoms with Crippen LogP contribution >= 0.6 is 0 Å². The lowest BCUT2D eigenvalue weighted by Gasteiger charge is -2.09. The number of aliphatic hydroxyl groups excluding tert-OH is 1. The summed E-state index contributed by atoms with van der Waals surface area (Å²) >= 11 is 0. The molecule has 1 aromatic carbocycles. The lowest BCUT2D eigenvalue weighted by atomic mass is 10.1. The molecule has 4 N–H and O–H groups in total. The van der Waals surface area contributed by atoms with E-state index >= 15 is 0 Å². The number of carbonyl (C=O) groups excluding carboxylic acids is 1. The molecule has 0 aliphatic carbocycles. The minimum absolute atomic E-state index is 0.0133. The van der Waals surface area contributed by atoms with E-state index < -0.39 is 12.1 Å². The molecular formula is C14H20N2O4. The number of amides is 2. The van der Waals surface area contributed by atoms with Gasteiger partial charge in [0.25, 0.3) is 0 Å². The van der Waals surface area contributed by atoms with Gasteiger partial charge in [-0.3, -0.25) is 0 Å². The molecule has 0 saturated carbocycles. The highest BCUT2D eigenvalue weighted by molar-refractivity contribution is 5.74. The third kappa shape index (κ3) is 6.19. The van der Waals surface area contributed by atoms with Crippen molar-refractivity contribution in [3.63, 3.8) is 0 Å². The van der Waals surface area contributed by atoms with E-state index in [1.807, 2.05) is 25.1 Å². The van der Waals surface area contributed by atoms with Gasteiger partial charge < -0.3 is 20.8 Å². The Morgan fingerprint density at radius 1 is 1.25 bits per heavy atom. The molecular weight excluding hydrogens is 260 g/mol. The Morgan fingerprint density at radius 3 is 2.60 bits per heavy atom. The van der Waals surface area contributed by atoms with E-state index in [1.165, 1.54) is 5.56 Å². The molecule has 0 fully saturated rings. The van der Waals surface area contributed by atoms with Gasteiger partial charge in [-0.15, -0.1) is 0 Å². The third-order valence-electron chi connectivity index (χ3n) is 2.77. The number of hydrogen-bond donors (Lipinski definition) is 4. The van der Waals surface area contributed by atoms with E-state index in [1.54, 1.807) is 0 Å². The monoisotopic (exact) mass is 280 g/mol. The van der Waals surface area contributed by atoms with Crippen molar-refractivity contribution in [3.05, 3.63) is 35.4 Å². The summed E-state index contributed by atoms with van der Waals surface area (Å²) in [7, 11) is 0. The molecule has 110 valence electrons. The van der Waals surface area contributed by atoms with Crippen LogP contribution in [-0.4, -0.2) is 41.4 Å². The first kappa shape index (κ1) is 16.0. The van der Waals surface area contributed by atoms with Gasteiger partial charge in [-0.2, -0.15) is 0 Å². The Hall–Kier alpha value is -2.08. The van der Waals surface area contributed by atoms with Crippen molar-refractivity contribution in [2.75, 3.05) is 13.1 Å². The fourth-order valence-corrected chi connectivity index (χ4v) is 1.70. The van der Waals surface area contributed by atoms with Crippen LogP contribution in [0.25, 0.3) is 0 Å². The molecule has 6 nitrogen and oxygen atoms in total. The molecule has 20 heavy (non-hydrogen) atoms. The van der Waals surface area contributed by atoms with E-state index in [-0.39, 0.29) is 19.0 Å². The minimum Gasteiger partial charge on any atom is -0.479 e. The van der Waals surface area contributed by atoms with Gasteiger partial charge in [0.2, 0.25) is 0 Å². The van der Waals surface area contributed by atoms with Gasteiger partial charge in [-0.05, 0) is 18.9 Å². The topological polar surface area (TPSA) is 98.7 Å². The predicted octanol–water partition coefficient (Wildman–Crippen LogP) is 0.672. The van der Waals surface area contributed by atoms with Crippen molar-refractivity contribution >= 4 is 12.0 Å². The zero-order valence-electron chi connectivity index (χ0n) is 11.4. The molecule has 1 atom stereocenters. The largest absolute Gasteiger partial charge is 0.479 e. The molecule has 1 rings (SSSR count). The summed E-state index contributed by atoms with van der Waals surface area (Å²) < 4.78 is 0. The summed E-state index contributed by atoms with van der Waals surface area (Å²) in [5.74, 6) is -1.29. The normalized spacial score (nSPS) is 11.7. The number of aliphatic hydroxyl groups is 1. The van der Waals surface area contributed by atoms with Crippen LogP contribution in [0.5, 0.6) is 0 Å². The number of aliphatic carboxylic acids is 1. The minimum atomic E-state index is -1.44. The maximum absolute atomic E-state index is 11.4. The fourth-order valence-electron chi connectivity index (χ4n) is 1.70. The summed E-state index contributed by atoms with van der Waals surface area (Å²) in [5, 5.41) is 22.6. The van der Waals surface area contributed by atoms with Crippen LogP contribution in [0.1, 0.15) is 17.5 Å². The first-order valence-electron chi connectivity index (χ1n) is 6.47. The summed E-state index contributed by atoms with van der Waals surface area (Å²) in [5.41, 5.74) is 2.32. The molecule has 1 aromatic rings. The molecule has 0 radical (unpaired) electrons. The molecule has 0 aliphatic heterocycles. The second-order valence-corrected chi connectivity index (χ2v) is 4.56. The smallest absolute Gasteiger partial charge is 0.332 e. The van der Waals surface area contributed by atoms with Crippen LogP contribution in [0, 0.1) is 6.92 Å². The van der Waals surface area contributed by atoms with Gasteiger partial charge in [0.15, 0.2) is 6.10 Å². The van der Waals surface area contributed by atoms with Crippen molar-refractivity contribution in [1.29, 1.82) is 0 Å². The van der Waals surface area contributed by atoms with E-state index in [0.717, 1.165) is 12.0 Å². The molecule has 2 amide bonds. The van der Waals surface area contributed by atoms with Crippen LogP contribution in [0.2, 0.25) is 0 Å². The number of hydrogen-bond acceptors (Lipinski definition) is 3. The van der Waals surface area contributed by atoms with Crippen LogP contribution in [0.3, 0.4) is 0 Å². The van der Waals surface area contributed by atoms with E-state index in [4.69, 9.17) is 10.2 Å². The molecule has 0 aliphatic rings. The average molecular weight is 280 g/mol. The van der Waals surface area contributed by atoms with E-state index in [2.05, 4.69) is 16.7 Å². The SMILES string of the molecule is Cc1cccc(CCNC(=O)NCCC(O)C(=O)O)c1. The predicted molar refractivity (Wildman–Crippen MR) is 74.5 cm³/mol.